The molecule has 0 aromatic heterocycles. The maximum Gasteiger partial charge on any atom is 0.101 e. The third kappa shape index (κ3) is 1.41. The van der Waals surface area contributed by atoms with Crippen LogP contribution >= 0.6 is 15.9 Å². The first-order valence-corrected chi connectivity index (χ1v) is 3.49. The Labute approximate surface area is 51.2 Å². The highest BCUT2D eigenvalue weighted by molar-refractivity contribution is 9.09. The van der Waals surface area contributed by atoms with Crippen molar-refractivity contribution in [2.45, 2.75) is 30.3 Å². The van der Waals surface area contributed by atoms with Crippen molar-refractivity contribution in [2.75, 3.05) is 0 Å². The minimum Gasteiger partial charge on any atom is -0.247 e. The van der Waals surface area contributed by atoms with Crippen molar-refractivity contribution in [3.8, 4) is 0 Å². The SMILES string of the molecule is FC1CCC(Br)C1. The van der Waals surface area contributed by atoms with E-state index in [0.717, 1.165) is 19.3 Å². The van der Waals surface area contributed by atoms with Gasteiger partial charge in [-0.1, -0.05) is 15.9 Å². The molecule has 0 aliphatic heterocycles. The van der Waals surface area contributed by atoms with E-state index in [1.165, 1.54) is 0 Å². The molecule has 0 heterocycles. The third-order valence-electron chi connectivity index (χ3n) is 1.30. The van der Waals surface area contributed by atoms with Crippen molar-refractivity contribution < 1.29 is 4.39 Å². The van der Waals surface area contributed by atoms with E-state index in [0.29, 0.717) is 4.83 Å². The summed E-state index contributed by atoms with van der Waals surface area (Å²) >= 11 is 3.34. The van der Waals surface area contributed by atoms with E-state index >= 15 is 0 Å². The van der Waals surface area contributed by atoms with Crippen LogP contribution in [0.25, 0.3) is 0 Å². The smallest absolute Gasteiger partial charge is 0.101 e. The molecule has 1 saturated carbocycles. The predicted octanol–water partition coefficient (Wildman–Crippen LogP) is 2.27. The highest BCUT2D eigenvalue weighted by Crippen LogP contribution is 2.27. The molecule has 0 aromatic rings. The zero-order valence-electron chi connectivity index (χ0n) is 4.03. The number of hydrogen-bond donors (Lipinski definition) is 0. The van der Waals surface area contributed by atoms with Gasteiger partial charge in [0.05, 0.1) is 0 Å². The molecule has 2 unspecified atom stereocenters. The van der Waals surface area contributed by atoms with Crippen LogP contribution in [0.5, 0.6) is 0 Å². The summed E-state index contributed by atoms with van der Waals surface area (Å²) < 4.78 is 12.1. The molecule has 1 aliphatic rings. The summed E-state index contributed by atoms with van der Waals surface area (Å²) in [5.41, 5.74) is 0. The van der Waals surface area contributed by atoms with Gasteiger partial charge in [-0.25, -0.2) is 4.39 Å². The second-order valence-corrected chi connectivity index (χ2v) is 3.30. The van der Waals surface area contributed by atoms with Crippen molar-refractivity contribution in [1.82, 2.24) is 0 Å². The Morgan fingerprint density at radius 3 is 2.29 bits per heavy atom. The van der Waals surface area contributed by atoms with Gasteiger partial charge in [0, 0.05) is 4.83 Å². The van der Waals surface area contributed by atoms with Gasteiger partial charge in [0.15, 0.2) is 0 Å². The van der Waals surface area contributed by atoms with E-state index < -0.39 is 6.17 Å². The van der Waals surface area contributed by atoms with E-state index in [1.807, 2.05) is 0 Å². The molecule has 0 aromatic carbocycles. The Morgan fingerprint density at radius 1 is 1.43 bits per heavy atom. The molecular formula is C5H8BrF. The van der Waals surface area contributed by atoms with Crippen molar-refractivity contribution in [3.05, 3.63) is 0 Å². The predicted molar refractivity (Wildman–Crippen MR) is 31.5 cm³/mol. The van der Waals surface area contributed by atoms with Gasteiger partial charge >= 0.3 is 0 Å². The maximum absolute atomic E-state index is 12.1. The van der Waals surface area contributed by atoms with Crippen LogP contribution in [-0.2, 0) is 0 Å². The summed E-state index contributed by atoms with van der Waals surface area (Å²) in [5, 5.41) is 0. The normalized spacial score (nSPS) is 42.0. The monoisotopic (exact) mass is 166 g/mol. The lowest BCUT2D eigenvalue weighted by molar-refractivity contribution is 0.344. The lowest BCUT2D eigenvalue weighted by Gasteiger charge is -1.91. The van der Waals surface area contributed by atoms with E-state index in [-0.39, 0.29) is 0 Å². The fourth-order valence-corrected chi connectivity index (χ4v) is 1.54. The number of rotatable bonds is 0. The summed E-state index contributed by atoms with van der Waals surface area (Å²) in [6, 6.07) is 0. The number of halogens is 2. The molecule has 1 aliphatic carbocycles. The van der Waals surface area contributed by atoms with Crippen LogP contribution in [0.3, 0.4) is 0 Å². The standard InChI is InChI=1S/C5H8BrF/c6-4-1-2-5(7)3-4/h4-5H,1-3H2. The topological polar surface area (TPSA) is 0 Å². The lowest BCUT2D eigenvalue weighted by Crippen LogP contribution is -1.91. The zero-order chi connectivity index (χ0) is 5.28. The second-order valence-electron chi connectivity index (χ2n) is 2.01. The van der Waals surface area contributed by atoms with Gasteiger partial charge < -0.3 is 0 Å². The summed E-state index contributed by atoms with van der Waals surface area (Å²) in [4.78, 5) is 0.461. The summed E-state index contributed by atoms with van der Waals surface area (Å²) in [6.07, 6.45) is 1.97. The molecule has 2 atom stereocenters. The largest absolute Gasteiger partial charge is 0.247 e. The Morgan fingerprint density at radius 2 is 2.14 bits per heavy atom. The lowest BCUT2D eigenvalue weighted by atomic mass is 10.3. The van der Waals surface area contributed by atoms with Crippen LogP contribution in [0, 0.1) is 0 Å². The van der Waals surface area contributed by atoms with Gasteiger partial charge in [-0.3, -0.25) is 0 Å². The quantitative estimate of drug-likeness (QED) is 0.485. The molecular weight excluding hydrogens is 159 g/mol. The fraction of sp³-hybridized carbons (Fsp3) is 1.00. The molecule has 42 valence electrons. The first kappa shape index (κ1) is 5.54. The molecule has 0 saturated heterocycles. The van der Waals surface area contributed by atoms with Crippen LogP contribution in [0.2, 0.25) is 0 Å². The number of alkyl halides is 2. The Kier molecular flexibility index (Phi) is 1.68. The van der Waals surface area contributed by atoms with Gasteiger partial charge in [-0.15, -0.1) is 0 Å². The van der Waals surface area contributed by atoms with Crippen molar-refractivity contribution in [3.63, 3.8) is 0 Å². The molecule has 1 fully saturated rings. The summed E-state index contributed by atoms with van der Waals surface area (Å²) in [6.45, 7) is 0. The van der Waals surface area contributed by atoms with Crippen molar-refractivity contribution in [2.24, 2.45) is 0 Å². The fourth-order valence-electron chi connectivity index (χ4n) is 0.875. The van der Waals surface area contributed by atoms with E-state index in [2.05, 4.69) is 15.9 Å². The molecule has 1 rings (SSSR count). The van der Waals surface area contributed by atoms with E-state index in [9.17, 15) is 4.39 Å². The molecule has 0 spiro atoms. The van der Waals surface area contributed by atoms with Crippen LogP contribution in [0.1, 0.15) is 19.3 Å². The molecule has 0 radical (unpaired) electrons. The molecule has 2 heteroatoms. The molecule has 7 heavy (non-hydrogen) atoms. The van der Waals surface area contributed by atoms with Gasteiger partial charge in [0.25, 0.3) is 0 Å². The van der Waals surface area contributed by atoms with Crippen molar-refractivity contribution in [1.29, 1.82) is 0 Å². The minimum atomic E-state index is -0.524. The Hall–Kier alpha value is 0.410. The first-order chi connectivity index (χ1) is 3.29. The molecule has 0 bridgehead atoms. The van der Waals surface area contributed by atoms with Crippen LogP contribution in [-0.4, -0.2) is 11.0 Å². The van der Waals surface area contributed by atoms with Crippen molar-refractivity contribution >= 4 is 15.9 Å². The Bertz CT molecular complexity index is 57.1. The average Bonchev–Trinajstić information content (AvgIpc) is 1.87. The van der Waals surface area contributed by atoms with E-state index in [1.54, 1.807) is 0 Å². The minimum absolute atomic E-state index is 0.461. The van der Waals surface area contributed by atoms with Crippen LogP contribution in [0.4, 0.5) is 4.39 Å². The summed E-state index contributed by atoms with van der Waals surface area (Å²) in [5.74, 6) is 0. The van der Waals surface area contributed by atoms with Crippen LogP contribution in [0.15, 0.2) is 0 Å². The van der Waals surface area contributed by atoms with Gasteiger partial charge in [0.2, 0.25) is 0 Å². The maximum atomic E-state index is 12.1. The molecule has 0 amide bonds. The van der Waals surface area contributed by atoms with E-state index in [4.69, 9.17) is 0 Å². The second kappa shape index (κ2) is 2.12. The first-order valence-electron chi connectivity index (χ1n) is 2.57. The van der Waals surface area contributed by atoms with Crippen LogP contribution < -0.4 is 0 Å². The average molecular weight is 167 g/mol. The number of hydrogen-bond acceptors (Lipinski definition) is 0. The highest BCUT2D eigenvalue weighted by Gasteiger charge is 2.20. The summed E-state index contributed by atoms with van der Waals surface area (Å²) in [7, 11) is 0. The zero-order valence-corrected chi connectivity index (χ0v) is 5.62. The third-order valence-corrected chi connectivity index (χ3v) is 2.14. The van der Waals surface area contributed by atoms with Gasteiger partial charge in [-0.05, 0) is 19.3 Å². The van der Waals surface area contributed by atoms with Gasteiger partial charge in [-0.2, -0.15) is 0 Å². The highest BCUT2D eigenvalue weighted by atomic mass is 79.9. The molecule has 0 N–H and O–H groups in total. The molecule has 0 nitrogen and oxygen atoms in total. The Balaban J connectivity index is 2.26. The van der Waals surface area contributed by atoms with Gasteiger partial charge in [0.1, 0.15) is 6.17 Å².